The number of carbonyl (C=O) groups is 2. The molecule has 3 aliphatic heterocycles. The molecule has 3 fully saturated rings. The summed E-state index contributed by atoms with van der Waals surface area (Å²) in [6.45, 7) is 10.7. The fourth-order valence-corrected chi connectivity index (χ4v) is 8.37. The van der Waals surface area contributed by atoms with E-state index in [9.17, 15) is 14.0 Å². The molecular weight excluding hydrogens is 710 g/mol. The molecule has 6 heterocycles. The second-order valence-corrected chi connectivity index (χ2v) is 15.0. The second kappa shape index (κ2) is 15.0. The predicted molar refractivity (Wildman–Crippen MR) is 205 cm³/mol. The van der Waals surface area contributed by atoms with Gasteiger partial charge in [-0.2, -0.15) is 15.0 Å². The van der Waals surface area contributed by atoms with Gasteiger partial charge in [-0.3, -0.25) is 19.8 Å². The number of amides is 2. The number of piperazine rings is 1. The van der Waals surface area contributed by atoms with Crippen LogP contribution in [0.1, 0.15) is 37.1 Å². The topological polar surface area (TPSA) is 160 Å². The molecule has 3 aliphatic rings. The first-order chi connectivity index (χ1) is 26.2. The van der Waals surface area contributed by atoms with E-state index >= 15 is 0 Å². The smallest absolute Gasteiger partial charge is 0.249 e. The van der Waals surface area contributed by atoms with Crippen molar-refractivity contribution in [1.29, 1.82) is 0 Å². The normalized spacial score (nSPS) is 18.7. The molecule has 3 saturated heterocycles. The standard InChI is InChI=1S/C38H42FN11O3S/c1-23-35(26-17-33(36(40)41-19-26)53-24(2)30-18-27(39)3-9-32(30)50-42-11-12-43-50)54-38(44-23)48-15-13-47(14-16-48)20-25-21-49(22-25)29-6-4-28(5-7-29)45-31-8-10-34(51)46-37(31)52/h3-7,9,11-12,17-19,24-25,31,45H,8,10,13-16,20-22H2,1-2H3,(H2,40,41)(H,46,51,52)/t24-,31?/m0/s1. The van der Waals surface area contributed by atoms with Crippen LogP contribution in [0.25, 0.3) is 16.1 Å². The molecule has 0 bridgehead atoms. The zero-order valence-corrected chi connectivity index (χ0v) is 30.9. The lowest BCUT2D eigenvalue weighted by Crippen LogP contribution is -2.55. The van der Waals surface area contributed by atoms with E-state index in [4.69, 9.17) is 15.5 Å². The Morgan fingerprint density at radius 1 is 1.04 bits per heavy atom. The molecule has 4 N–H and O–H groups in total. The molecule has 54 heavy (non-hydrogen) atoms. The highest BCUT2D eigenvalue weighted by Gasteiger charge is 2.31. The SMILES string of the molecule is Cc1nc(N2CCN(CC3CN(c4ccc(NC5CCC(=O)NC5=O)cc4)C3)CC2)sc1-c1cnc(N)c(O[C@@H](C)c2cc(F)ccc2-n2nccn2)c1. The number of pyridine rings is 1. The summed E-state index contributed by atoms with van der Waals surface area (Å²) < 4.78 is 20.6. The average Bonchev–Trinajstić information content (AvgIpc) is 3.83. The summed E-state index contributed by atoms with van der Waals surface area (Å²) in [4.78, 5) is 42.6. The Kier molecular flexibility index (Phi) is 9.86. The van der Waals surface area contributed by atoms with Crippen molar-refractivity contribution in [2.24, 2.45) is 5.92 Å². The number of aromatic nitrogens is 5. The van der Waals surface area contributed by atoms with E-state index in [1.54, 1.807) is 36.0 Å². The number of imide groups is 1. The van der Waals surface area contributed by atoms with Crippen molar-refractivity contribution < 1.29 is 18.7 Å². The van der Waals surface area contributed by atoms with Gasteiger partial charge in [0.25, 0.3) is 0 Å². The molecule has 3 aromatic heterocycles. The van der Waals surface area contributed by atoms with E-state index < -0.39 is 6.10 Å². The summed E-state index contributed by atoms with van der Waals surface area (Å²) >= 11 is 1.64. The van der Waals surface area contributed by atoms with E-state index in [-0.39, 0.29) is 29.5 Å². The van der Waals surface area contributed by atoms with Gasteiger partial charge in [-0.1, -0.05) is 11.3 Å². The fourth-order valence-electron chi connectivity index (χ4n) is 7.27. The fraction of sp³-hybridized carbons (Fsp3) is 0.368. The monoisotopic (exact) mass is 751 g/mol. The number of nitrogens with zero attached hydrogens (tertiary/aromatic N) is 8. The Morgan fingerprint density at radius 3 is 2.54 bits per heavy atom. The van der Waals surface area contributed by atoms with Crippen LogP contribution < -0.4 is 30.9 Å². The summed E-state index contributed by atoms with van der Waals surface area (Å²) in [7, 11) is 0. The van der Waals surface area contributed by atoms with Crippen LogP contribution in [0.4, 0.5) is 26.7 Å². The summed E-state index contributed by atoms with van der Waals surface area (Å²) in [5, 5.41) is 15.0. The maximum absolute atomic E-state index is 14.3. The number of hydrogen-bond donors (Lipinski definition) is 3. The molecule has 8 rings (SSSR count). The van der Waals surface area contributed by atoms with Gasteiger partial charge < -0.3 is 25.6 Å². The minimum Gasteiger partial charge on any atom is -0.482 e. The number of nitrogen functional groups attached to an aromatic ring is 1. The van der Waals surface area contributed by atoms with Crippen molar-refractivity contribution in [1.82, 2.24) is 35.2 Å². The maximum atomic E-state index is 14.3. The van der Waals surface area contributed by atoms with Crippen molar-refractivity contribution in [3.63, 3.8) is 0 Å². The van der Waals surface area contributed by atoms with Gasteiger partial charge in [0.05, 0.1) is 28.7 Å². The van der Waals surface area contributed by atoms with Crippen molar-refractivity contribution >= 4 is 45.5 Å². The summed E-state index contributed by atoms with van der Waals surface area (Å²) in [5.41, 5.74) is 11.3. The number of ether oxygens (including phenoxy) is 1. The van der Waals surface area contributed by atoms with Crippen molar-refractivity contribution in [3.05, 3.63) is 84.2 Å². The minimum atomic E-state index is -0.568. The molecule has 0 radical (unpaired) electrons. The Labute approximate surface area is 316 Å². The third-order valence-electron chi connectivity index (χ3n) is 10.2. The lowest BCUT2D eigenvalue weighted by Gasteiger charge is -2.44. The average molecular weight is 752 g/mol. The number of piperidine rings is 1. The van der Waals surface area contributed by atoms with Crippen LogP contribution in [0, 0.1) is 18.7 Å². The number of benzene rings is 2. The Bertz CT molecular complexity index is 2130. The van der Waals surface area contributed by atoms with E-state index in [1.165, 1.54) is 22.6 Å². The van der Waals surface area contributed by atoms with Crippen molar-refractivity contribution in [2.45, 2.75) is 38.8 Å². The van der Waals surface area contributed by atoms with Crippen LogP contribution in [0.3, 0.4) is 0 Å². The number of thiazole rings is 1. The minimum absolute atomic E-state index is 0.211. The van der Waals surface area contributed by atoms with E-state index in [0.717, 1.165) is 72.8 Å². The van der Waals surface area contributed by atoms with Gasteiger partial charge >= 0.3 is 0 Å². The molecule has 2 aromatic carbocycles. The molecular formula is C38H42FN11O3S. The third-order valence-corrected chi connectivity index (χ3v) is 11.5. The quantitative estimate of drug-likeness (QED) is 0.163. The Morgan fingerprint density at radius 2 is 1.80 bits per heavy atom. The number of halogens is 1. The van der Waals surface area contributed by atoms with E-state index in [1.807, 2.05) is 32.0 Å². The first-order valence-corrected chi connectivity index (χ1v) is 19.0. The van der Waals surface area contributed by atoms with Gasteiger partial charge in [0.2, 0.25) is 11.8 Å². The number of nitrogens with one attached hydrogen (secondary N) is 2. The highest BCUT2D eigenvalue weighted by Crippen LogP contribution is 2.38. The Balaban J connectivity index is 0.836. The highest BCUT2D eigenvalue weighted by atomic mass is 32.1. The van der Waals surface area contributed by atoms with Gasteiger partial charge in [-0.25, -0.2) is 14.4 Å². The number of anilines is 4. The maximum Gasteiger partial charge on any atom is 0.249 e. The van der Waals surface area contributed by atoms with Gasteiger partial charge in [-0.15, -0.1) is 0 Å². The van der Waals surface area contributed by atoms with Crippen LogP contribution in [0.2, 0.25) is 0 Å². The van der Waals surface area contributed by atoms with Crippen LogP contribution in [-0.4, -0.2) is 93.5 Å². The number of aryl methyl sites for hydroxylation is 1. The first kappa shape index (κ1) is 35.4. The largest absolute Gasteiger partial charge is 0.482 e. The zero-order valence-electron chi connectivity index (χ0n) is 30.1. The van der Waals surface area contributed by atoms with Crippen LogP contribution in [0.5, 0.6) is 5.75 Å². The van der Waals surface area contributed by atoms with Crippen LogP contribution >= 0.6 is 11.3 Å². The molecule has 1 unspecified atom stereocenters. The summed E-state index contributed by atoms with van der Waals surface area (Å²) in [6, 6.07) is 14.1. The molecule has 2 amide bonds. The number of nitrogens with two attached hydrogens (primary N) is 1. The summed E-state index contributed by atoms with van der Waals surface area (Å²) in [5.74, 6) is 0.392. The molecule has 5 aromatic rings. The van der Waals surface area contributed by atoms with Gasteiger partial charge in [0.15, 0.2) is 16.7 Å². The number of carbonyl (C=O) groups excluding carboxylic acids is 2. The molecule has 0 aliphatic carbocycles. The number of rotatable bonds is 11. The second-order valence-electron chi connectivity index (χ2n) is 14.1. The van der Waals surface area contributed by atoms with Crippen LogP contribution in [0.15, 0.2) is 67.1 Å². The van der Waals surface area contributed by atoms with Crippen LogP contribution in [-0.2, 0) is 9.59 Å². The van der Waals surface area contributed by atoms with E-state index in [0.29, 0.717) is 35.8 Å². The molecule has 2 atom stereocenters. The Hall–Kier alpha value is -5.61. The zero-order chi connectivity index (χ0) is 37.3. The predicted octanol–water partition coefficient (Wildman–Crippen LogP) is 4.43. The summed E-state index contributed by atoms with van der Waals surface area (Å²) in [6.07, 6.45) is 5.16. The van der Waals surface area contributed by atoms with Gasteiger partial charge in [-0.05, 0) is 68.8 Å². The third kappa shape index (κ3) is 7.57. The molecule has 16 heteroatoms. The lowest BCUT2D eigenvalue weighted by atomic mass is 9.98. The van der Waals surface area contributed by atoms with Gasteiger partial charge in [0, 0.05) is 86.9 Å². The van der Waals surface area contributed by atoms with Crippen molar-refractivity contribution in [2.75, 3.05) is 66.7 Å². The van der Waals surface area contributed by atoms with E-state index in [2.05, 4.69) is 52.6 Å². The molecule has 0 spiro atoms. The lowest BCUT2D eigenvalue weighted by molar-refractivity contribution is -0.133. The highest BCUT2D eigenvalue weighted by molar-refractivity contribution is 7.19. The van der Waals surface area contributed by atoms with Gasteiger partial charge in [0.1, 0.15) is 18.0 Å². The molecule has 0 saturated carbocycles. The van der Waals surface area contributed by atoms with Crippen molar-refractivity contribution in [3.8, 4) is 21.9 Å². The first-order valence-electron chi connectivity index (χ1n) is 18.2. The molecule has 280 valence electrons. The molecule has 14 nitrogen and oxygen atoms in total. The number of hydrogen-bond acceptors (Lipinski definition) is 13.